The summed E-state index contributed by atoms with van der Waals surface area (Å²) in [6, 6.07) is 6.74. The number of nitrogens with zero attached hydrogens (tertiary/aromatic N) is 1. The monoisotopic (exact) mass is 242 g/mol. The fourth-order valence-electron chi connectivity index (χ4n) is 1.25. The van der Waals surface area contributed by atoms with Gasteiger partial charge in [0.05, 0.1) is 10.6 Å². The standard InChI is InChI=1S/C11H18N2O2S/c1-13(2)7-8-16(14,15)11-5-3-10(9-12)4-6-11/h3-6H,7-9,12H2,1-2H3. The third-order valence-electron chi connectivity index (χ3n) is 2.33. The van der Waals surface area contributed by atoms with Crippen LogP contribution in [-0.2, 0) is 16.4 Å². The summed E-state index contributed by atoms with van der Waals surface area (Å²) in [5, 5.41) is 0. The van der Waals surface area contributed by atoms with Gasteiger partial charge in [0.15, 0.2) is 9.84 Å². The molecule has 4 nitrogen and oxygen atoms in total. The molecule has 0 atom stereocenters. The van der Waals surface area contributed by atoms with Crippen molar-refractivity contribution in [3.8, 4) is 0 Å². The summed E-state index contributed by atoms with van der Waals surface area (Å²) in [5.74, 6) is 0.141. The smallest absolute Gasteiger partial charge is 0.179 e. The zero-order chi connectivity index (χ0) is 12.2. The van der Waals surface area contributed by atoms with Gasteiger partial charge in [-0.05, 0) is 31.8 Å². The van der Waals surface area contributed by atoms with Crippen molar-refractivity contribution in [2.24, 2.45) is 5.73 Å². The molecular weight excluding hydrogens is 224 g/mol. The van der Waals surface area contributed by atoms with Gasteiger partial charge in [-0.15, -0.1) is 0 Å². The Bertz CT molecular complexity index is 424. The van der Waals surface area contributed by atoms with Crippen LogP contribution in [0.2, 0.25) is 0 Å². The highest BCUT2D eigenvalue weighted by Gasteiger charge is 2.13. The highest BCUT2D eigenvalue weighted by atomic mass is 32.2. The van der Waals surface area contributed by atoms with E-state index in [1.807, 2.05) is 19.0 Å². The van der Waals surface area contributed by atoms with E-state index in [0.717, 1.165) is 5.56 Å². The largest absolute Gasteiger partial charge is 0.326 e. The normalized spacial score (nSPS) is 12.0. The van der Waals surface area contributed by atoms with Gasteiger partial charge in [-0.3, -0.25) is 0 Å². The van der Waals surface area contributed by atoms with Crippen molar-refractivity contribution in [1.29, 1.82) is 0 Å². The van der Waals surface area contributed by atoms with Gasteiger partial charge in [0.1, 0.15) is 0 Å². The topological polar surface area (TPSA) is 63.4 Å². The molecule has 0 heterocycles. The molecular formula is C11H18N2O2S. The minimum atomic E-state index is -3.16. The van der Waals surface area contributed by atoms with Crippen molar-refractivity contribution in [2.45, 2.75) is 11.4 Å². The lowest BCUT2D eigenvalue weighted by molar-refractivity contribution is 0.432. The Morgan fingerprint density at radius 3 is 2.19 bits per heavy atom. The maximum absolute atomic E-state index is 11.9. The van der Waals surface area contributed by atoms with Crippen molar-refractivity contribution >= 4 is 9.84 Å². The van der Waals surface area contributed by atoms with Gasteiger partial charge in [-0.2, -0.15) is 0 Å². The molecule has 1 aromatic rings. The molecule has 0 aliphatic heterocycles. The maximum Gasteiger partial charge on any atom is 0.179 e. The van der Waals surface area contributed by atoms with Crippen molar-refractivity contribution in [3.63, 3.8) is 0 Å². The Morgan fingerprint density at radius 1 is 1.19 bits per heavy atom. The minimum Gasteiger partial charge on any atom is -0.326 e. The van der Waals surface area contributed by atoms with Crippen LogP contribution in [0.3, 0.4) is 0 Å². The molecule has 0 aliphatic carbocycles. The lowest BCUT2D eigenvalue weighted by Crippen LogP contribution is -2.21. The highest BCUT2D eigenvalue weighted by molar-refractivity contribution is 7.91. The third-order valence-corrected chi connectivity index (χ3v) is 4.04. The van der Waals surface area contributed by atoms with E-state index in [2.05, 4.69) is 0 Å². The fraction of sp³-hybridized carbons (Fsp3) is 0.455. The average molecular weight is 242 g/mol. The lowest BCUT2D eigenvalue weighted by Gasteiger charge is -2.10. The van der Waals surface area contributed by atoms with E-state index in [1.165, 1.54) is 0 Å². The second-order valence-electron chi connectivity index (χ2n) is 3.97. The Hall–Kier alpha value is -0.910. The van der Waals surface area contributed by atoms with Crippen LogP contribution < -0.4 is 5.73 Å². The molecule has 0 radical (unpaired) electrons. The Kier molecular flexibility index (Phi) is 4.46. The summed E-state index contributed by atoms with van der Waals surface area (Å²) in [6.07, 6.45) is 0. The summed E-state index contributed by atoms with van der Waals surface area (Å²) < 4.78 is 23.8. The predicted molar refractivity (Wildman–Crippen MR) is 64.9 cm³/mol. The van der Waals surface area contributed by atoms with E-state index in [4.69, 9.17) is 5.73 Å². The molecule has 0 bridgehead atoms. The van der Waals surface area contributed by atoms with E-state index in [-0.39, 0.29) is 5.75 Å². The van der Waals surface area contributed by atoms with Gasteiger partial charge in [0.25, 0.3) is 0 Å². The summed E-state index contributed by atoms with van der Waals surface area (Å²) in [7, 11) is 0.546. The number of hydrogen-bond donors (Lipinski definition) is 1. The number of nitrogens with two attached hydrogens (primary N) is 1. The average Bonchev–Trinajstić information content (AvgIpc) is 2.27. The number of benzene rings is 1. The highest BCUT2D eigenvalue weighted by Crippen LogP contribution is 2.12. The number of sulfone groups is 1. The molecule has 0 saturated heterocycles. The van der Waals surface area contributed by atoms with Crippen molar-refractivity contribution in [3.05, 3.63) is 29.8 Å². The number of rotatable bonds is 5. The van der Waals surface area contributed by atoms with E-state index in [1.54, 1.807) is 24.3 Å². The molecule has 90 valence electrons. The third kappa shape index (κ3) is 3.59. The summed E-state index contributed by atoms with van der Waals surface area (Å²) in [4.78, 5) is 2.22. The van der Waals surface area contributed by atoms with E-state index in [9.17, 15) is 8.42 Å². The zero-order valence-electron chi connectivity index (χ0n) is 9.68. The summed E-state index contributed by atoms with van der Waals surface area (Å²) in [6.45, 7) is 0.957. The van der Waals surface area contributed by atoms with Gasteiger partial charge in [-0.1, -0.05) is 12.1 Å². The van der Waals surface area contributed by atoms with Crippen LogP contribution in [0.1, 0.15) is 5.56 Å². The first kappa shape index (κ1) is 13.2. The second kappa shape index (κ2) is 5.43. The first-order valence-corrected chi connectivity index (χ1v) is 6.77. The van der Waals surface area contributed by atoms with Gasteiger partial charge < -0.3 is 10.6 Å². The van der Waals surface area contributed by atoms with Crippen LogP contribution in [0.4, 0.5) is 0 Å². The van der Waals surface area contributed by atoms with Gasteiger partial charge in [-0.25, -0.2) is 8.42 Å². The van der Waals surface area contributed by atoms with Crippen LogP contribution in [0.5, 0.6) is 0 Å². The Balaban J connectivity index is 2.82. The van der Waals surface area contributed by atoms with Crippen LogP contribution in [0.15, 0.2) is 29.2 Å². The molecule has 0 fully saturated rings. The van der Waals surface area contributed by atoms with Gasteiger partial charge >= 0.3 is 0 Å². The summed E-state index contributed by atoms with van der Waals surface area (Å²) in [5.41, 5.74) is 6.39. The van der Waals surface area contributed by atoms with E-state index in [0.29, 0.717) is 18.0 Å². The van der Waals surface area contributed by atoms with Crippen LogP contribution in [-0.4, -0.2) is 39.7 Å². The Morgan fingerprint density at radius 2 is 1.75 bits per heavy atom. The lowest BCUT2D eigenvalue weighted by atomic mass is 10.2. The molecule has 0 unspecified atom stereocenters. The molecule has 0 aliphatic rings. The molecule has 1 aromatic carbocycles. The zero-order valence-corrected chi connectivity index (χ0v) is 10.5. The van der Waals surface area contributed by atoms with Gasteiger partial charge in [0, 0.05) is 13.1 Å². The molecule has 16 heavy (non-hydrogen) atoms. The molecule has 5 heteroatoms. The molecule has 2 N–H and O–H groups in total. The quantitative estimate of drug-likeness (QED) is 0.816. The van der Waals surface area contributed by atoms with Gasteiger partial charge in [0.2, 0.25) is 0 Å². The molecule has 1 rings (SSSR count). The number of hydrogen-bond acceptors (Lipinski definition) is 4. The van der Waals surface area contributed by atoms with Crippen molar-refractivity contribution < 1.29 is 8.42 Å². The van der Waals surface area contributed by atoms with E-state index >= 15 is 0 Å². The minimum absolute atomic E-state index is 0.141. The van der Waals surface area contributed by atoms with Crippen LogP contribution in [0.25, 0.3) is 0 Å². The van der Waals surface area contributed by atoms with Crippen LogP contribution in [0, 0.1) is 0 Å². The molecule has 0 saturated carbocycles. The predicted octanol–water partition coefficient (Wildman–Crippen LogP) is 0.481. The first-order valence-electron chi connectivity index (χ1n) is 5.12. The Labute approximate surface area is 97.0 Å². The van der Waals surface area contributed by atoms with Crippen molar-refractivity contribution in [2.75, 3.05) is 26.4 Å². The van der Waals surface area contributed by atoms with Crippen molar-refractivity contribution in [1.82, 2.24) is 4.90 Å². The first-order chi connectivity index (χ1) is 7.45. The summed E-state index contributed by atoms with van der Waals surface area (Å²) >= 11 is 0. The molecule has 0 aromatic heterocycles. The van der Waals surface area contributed by atoms with E-state index < -0.39 is 9.84 Å². The van der Waals surface area contributed by atoms with Crippen LogP contribution >= 0.6 is 0 Å². The maximum atomic E-state index is 11.9. The SMILES string of the molecule is CN(C)CCS(=O)(=O)c1ccc(CN)cc1. The molecule has 0 spiro atoms. The second-order valence-corrected chi connectivity index (χ2v) is 6.08. The fourth-order valence-corrected chi connectivity index (χ4v) is 2.65. The molecule has 0 amide bonds.